The largest absolute Gasteiger partial charge is 0.455 e. The van der Waals surface area contributed by atoms with Crippen LogP contribution in [0.25, 0.3) is 0 Å². The first kappa shape index (κ1) is 14.1. The first-order valence-corrected chi connectivity index (χ1v) is 8.16. The van der Waals surface area contributed by atoms with Crippen LogP contribution < -0.4 is 5.73 Å². The average Bonchev–Trinajstić information content (AvgIpc) is 3.15. The highest BCUT2D eigenvalue weighted by Gasteiger charge is 2.17. The highest BCUT2D eigenvalue weighted by atomic mass is 32.1. The molecule has 2 heterocycles. The lowest BCUT2D eigenvalue weighted by molar-refractivity contribution is 0.0473. The fourth-order valence-electron chi connectivity index (χ4n) is 2.69. The molecule has 6 heteroatoms. The number of hydrogen-bond donors (Lipinski definition) is 1. The minimum atomic E-state index is -0.380. The van der Waals surface area contributed by atoms with E-state index in [2.05, 4.69) is 5.10 Å². The topological polar surface area (TPSA) is 70.1 Å². The normalized spacial score (nSPS) is 16.0. The zero-order chi connectivity index (χ0) is 14.7. The van der Waals surface area contributed by atoms with Crippen molar-refractivity contribution < 1.29 is 9.53 Å². The van der Waals surface area contributed by atoms with Crippen molar-refractivity contribution in [3.05, 3.63) is 34.3 Å². The Morgan fingerprint density at radius 3 is 2.90 bits per heavy atom. The van der Waals surface area contributed by atoms with E-state index in [4.69, 9.17) is 10.5 Å². The smallest absolute Gasteiger partial charge is 0.350 e. The van der Waals surface area contributed by atoms with Gasteiger partial charge in [0.25, 0.3) is 0 Å². The number of nitrogen functional groups attached to an aromatic ring is 1. The lowest BCUT2D eigenvalue weighted by atomic mass is 9.96. The molecule has 0 atom stereocenters. The molecule has 0 unspecified atom stereocenters. The molecule has 0 saturated heterocycles. The van der Waals surface area contributed by atoms with Crippen LogP contribution >= 0.6 is 11.3 Å². The first-order valence-electron chi connectivity index (χ1n) is 7.28. The summed E-state index contributed by atoms with van der Waals surface area (Å²) < 4.78 is 7.29. The van der Waals surface area contributed by atoms with E-state index >= 15 is 0 Å². The predicted molar refractivity (Wildman–Crippen MR) is 82.2 cm³/mol. The van der Waals surface area contributed by atoms with Gasteiger partial charge in [-0.05, 0) is 30.4 Å². The van der Waals surface area contributed by atoms with Gasteiger partial charge in [-0.15, -0.1) is 11.3 Å². The summed E-state index contributed by atoms with van der Waals surface area (Å²) in [6, 6.07) is 4.12. The Balaban J connectivity index is 1.57. The Bertz CT molecular complexity index is 614. The summed E-state index contributed by atoms with van der Waals surface area (Å²) >= 11 is 1.30. The second-order valence-corrected chi connectivity index (χ2v) is 6.28. The van der Waals surface area contributed by atoms with Crippen molar-refractivity contribution in [2.45, 2.75) is 44.8 Å². The van der Waals surface area contributed by atoms with Gasteiger partial charge in [0.05, 0.1) is 17.4 Å². The zero-order valence-corrected chi connectivity index (χ0v) is 12.6. The molecule has 5 nitrogen and oxygen atoms in total. The molecule has 0 aromatic carbocycles. The number of thiophene rings is 1. The second-order valence-electron chi connectivity index (χ2n) is 5.36. The van der Waals surface area contributed by atoms with Crippen LogP contribution in [0.3, 0.4) is 0 Å². The van der Waals surface area contributed by atoms with Gasteiger partial charge in [0.1, 0.15) is 11.5 Å². The van der Waals surface area contributed by atoms with Crippen LogP contribution in [-0.2, 0) is 11.3 Å². The molecule has 2 N–H and O–H groups in total. The minimum Gasteiger partial charge on any atom is -0.455 e. The van der Waals surface area contributed by atoms with Crippen LogP contribution in [0, 0.1) is 0 Å². The highest BCUT2D eigenvalue weighted by molar-refractivity contribution is 7.12. The van der Waals surface area contributed by atoms with Gasteiger partial charge in [0.15, 0.2) is 0 Å². The van der Waals surface area contributed by atoms with E-state index in [-0.39, 0.29) is 12.6 Å². The summed E-state index contributed by atoms with van der Waals surface area (Å²) in [5, 5.41) is 6.30. The van der Waals surface area contributed by atoms with Crippen LogP contribution in [0.4, 0.5) is 5.69 Å². The lowest BCUT2D eigenvalue weighted by Gasteiger charge is -2.21. The lowest BCUT2D eigenvalue weighted by Crippen LogP contribution is -2.13. The van der Waals surface area contributed by atoms with Gasteiger partial charge >= 0.3 is 5.97 Å². The van der Waals surface area contributed by atoms with Gasteiger partial charge in [-0.25, -0.2) is 4.79 Å². The number of hydrogen-bond acceptors (Lipinski definition) is 5. The summed E-state index contributed by atoms with van der Waals surface area (Å²) in [5.74, 6) is -0.380. The fourth-order valence-corrected chi connectivity index (χ4v) is 3.40. The van der Waals surface area contributed by atoms with Crippen molar-refractivity contribution in [1.29, 1.82) is 0 Å². The van der Waals surface area contributed by atoms with E-state index in [0.29, 0.717) is 16.6 Å². The summed E-state index contributed by atoms with van der Waals surface area (Å²) in [7, 11) is 0. The second kappa shape index (κ2) is 6.30. The number of carbonyl (C=O) groups is 1. The average molecular weight is 305 g/mol. The minimum absolute atomic E-state index is 0.190. The summed E-state index contributed by atoms with van der Waals surface area (Å²) in [6.07, 6.45) is 8.22. The third kappa shape index (κ3) is 3.26. The van der Waals surface area contributed by atoms with Crippen LogP contribution in [0.15, 0.2) is 23.7 Å². The Hall–Kier alpha value is -1.82. The molecule has 3 rings (SSSR count). The number of carbonyl (C=O) groups excluding carboxylic acids is 1. The molecule has 0 radical (unpaired) electrons. The summed E-state index contributed by atoms with van der Waals surface area (Å²) in [5.41, 5.74) is 6.95. The molecule has 0 amide bonds. The third-order valence-electron chi connectivity index (χ3n) is 3.84. The molecular weight excluding hydrogens is 286 g/mol. The van der Waals surface area contributed by atoms with Gasteiger partial charge in [-0.3, -0.25) is 4.68 Å². The maximum Gasteiger partial charge on any atom is 0.350 e. The van der Waals surface area contributed by atoms with E-state index in [1.165, 1.54) is 43.4 Å². The predicted octanol–water partition coefficient (Wildman–Crippen LogP) is 3.39. The Kier molecular flexibility index (Phi) is 4.24. The van der Waals surface area contributed by atoms with Gasteiger partial charge in [0.2, 0.25) is 0 Å². The molecule has 2 aromatic heterocycles. The maximum absolute atomic E-state index is 11.9. The van der Waals surface area contributed by atoms with Gasteiger partial charge < -0.3 is 10.5 Å². The van der Waals surface area contributed by atoms with E-state index < -0.39 is 0 Å². The number of nitrogens with zero attached hydrogens (tertiary/aromatic N) is 2. The highest BCUT2D eigenvalue weighted by Crippen LogP contribution is 2.27. The number of anilines is 1. The molecular formula is C15H19N3O2S. The molecule has 0 spiro atoms. The van der Waals surface area contributed by atoms with Crippen LogP contribution in [-0.4, -0.2) is 15.7 Å². The summed E-state index contributed by atoms with van der Waals surface area (Å²) in [4.78, 5) is 12.3. The van der Waals surface area contributed by atoms with E-state index in [0.717, 1.165) is 5.69 Å². The molecule has 0 bridgehead atoms. The Morgan fingerprint density at radius 1 is 1.38 bits per heavy atom. The van der Waals surface area contributed by atoms with Gasteiger partial charge in [-0.1, -0.05) is 19.3 Å². The van der Waals surface area contributed by atoms with Crippen molar-refractivity contribution in [3.8, 4) is 0 Å². The van der Waals surface area contributed by atoms with E-state index in [9.17, 15) is 4.79 Å². The van der Waals surface area contributed by atoms with Gasteiger partial charge in [-0.2, -0.15) is 5.10 Å². The molecule has 1 aliphatic rings. The SMILES string of the molecule is Nc1ccsc1C(=O)OCc1ccn(C2CCCCC2)n1. The Morgan fingerprint density at radius 2 is 2.19 bits per heavy atom. The molecule has 2 aromatic rings. The van der Waals surface area contributed by atoms with Crippen molar-refractivity contribution in [1.82, 2.24) is 9.78 Å². The number of rotatable bonds is 4. The monoisotopic (exact) mass is 305 g/mol. The van der Waals surface area contributed by atoms with Crippen molar-refractivity contribution in [2.75, 3.05) is 5.73 Å². The molecule has 0 aliphatic heterocycles. The number of esters is 1. The Labute approximate surface area is 127 Å². The van der Waals surface area contributed by atoms with Crippen LogP contribution in [0.5, 0.6) is 0 Å². The molecule has 21 heavy (non-hydrogen) atoms. The van der Waals surface area contributed by atoms with Crippen molar-refractivity contribution in [3.63, 3.8) is 0 Å². The van der Waals surface area contributed by atoms with E-state index in [1.807, 2.05) is 16.9 Å². The first-order chi connectivity index (χ1) is 10.2. The number of nitrogens with two attached hydrogens (primary N) is 1. The van der Waals surface area contributed by atoms with Crippen LogP contribution in [0.2, 0.25) is 0 Å². The standard InChI is InChI=1S/C15H19N3O2S/c16-13-7-9-21-14(13)15(19)20-10-11-6-8-18(17-11)12-4-2-1-3-5-12/h6-9,12H,1-5,10,16H2. The van der Waals surface area contributed by atoms with Crippen LogP contribution in [0.1, 0.15) is 53.5 Å². The number of aromatic nitrogens is 2. The van der Waals surface area contributed by atoms with E-state index in [1.54, 1.807) is 11.4 Å². The number of ether oxygens (including phenoxy) is 1. The zero-order valence-electron chi connectivity index (χ0n) is 11.8. The molecule has 1 aliphatic carbocycles. The molecule has 112 valence electrons. The van der Waals surface area contributed by atoms with Crippen molar-refractivity contribution >= 4 is 23.0 Å². The molecule has 1 fully saturated rings. The molecule has 1 saturated carbocycles. The summed E-state index contributed by atoms with van der Waals surface area (Å²) in [6.45, 7) is 0.190. The fraction of sp³-hybridized carbons (Fsp3) is 0.467. The quantitative estimate of drug-likeness (QED) is 0.879. The maximum atomic E-state index is 11.9. The van der Waals surface area contributed by atoms with Crippen molar-refractivity contribution in [2.24, 2.45) is 0 Å². The third-order valence-corrected chi connectivity index (χ3v) is 4.75. The van der Waals surface area contributed by atoms with Gasteiger partial charge in [0, 0.05) is 6.20 Å².